The van der Waals surface area contributed by atoms with Crippen molar-refractivity contribution in [2.75, 3.05) is 4.90 Å². The average molecular weight is 309 g/mol. The van der Waals surface area contributed by atoms with Crippen LogP contribution in [0, 0.1) is 6.92 Å². The lowest BCUT2D eigenvalue weighted by Gasteiger charge is -2.33. The molecule has 0 fully saturated rings. The van der Waals surface area contributed by atoms with Crippen LogP contribution in [0.25, 0.3) is 0 Å². The molecule has 4 nitrogen and oxygen atoms in total. The van der Waals surface area contributed by atoms with Gasteiger partial charge in [-0.15, -0.1) is 0 Å². The summed E-state index contributed by atoms with van der Waals surface area (Å²) in [7, 11) is 0. The predicted octanol–water partition coefficient (Wildman–Crippen LogP) is 3.51. The summed E-state index contributed by atoms with van der Waals surface area (Å²) in [6.45, 7) is 5.74. The first-order chi connectivity index (χ1) is 11.0. The van der Waals surface area contributed by atoms with E-state index in [0.717, 1.165) is 5.56 Å². The quantitative estimate of drug-likeness (QED) is 0.815. The molecule has 0 N–H and O–H groups in total. The molecule has 4 heteroatoms. The SMILES string of the molecule is CC(=O)c1ccc2c(c1)N(Cc1ccc(C)cc1)C(=O)C(C)O2. The third kappa shape index (κ3) is 2.97. The predicted molar refractivity (Wildman–Crippen MR) is 88.9 cm³/mol. The summed E-state index contributed by atoms with van der Waals surface area (Å²) >= 11 is 0. The molecule has 1 unspecified atom stereocenters. The van der Waals surface area contributed by atoms with Crippen molar-refractivity contribution in [1.82, 2.24) is 0 Å². The monoisotopic (exact) mass is 309 g/mol. The van der Waals surface area contributed by atoms with Gasteiger partial charge in [-0.25, -0.2) is 0 Å². The normalized spacial score (nSPS) is 16.7. The Balaban J connectivity index is 2.01. The van der Waals surface area contributed by atoms with Crippen molar-refractivity contribution in [3.63, 3.8) is 0 Å². The Labute approximate surface area is 135 Å². The first-order valence-corrected chi connectivity index (χ1v) is 7.64. The Hall–Kier alpha value is -2.62. The van der Waals surface area contributed by atoms with Gasteiger partial charge in [0, 0.05) is 5.56 Å². The first-order valence-electron chi connectivity index (χ1n) is 7.64. The fourth-order valence-electron chi connectivity index (χ4n) is 2.67. The number of Topliss-reactive ketones (excluding diaryl/α,β-unsaturated/α-hetero) is 1. The third-order valence-corrected chi connectivity index (χ3v) is 4.04. The lowest BCUT2D eigenvalue weighted by atomic mass is 10.1. The minimum absolute atomic E-state index is 0.0332. The fraction of sp³-hybridized carbons (Fsp3) is 0.263. The number of carbonyl (C=O) groups is 2. The molecule has 1 amide bonds. The van der Waals surface area contributed by atoms with Gasteiger partial charge in [-0.1, -0.05) is 29.8 Å². The minimum Gasteiger partial charge on any atom is -0.479 e. The summed E-state index contributed by atoms with van der Waals surface area (Å²) in [5.41, 5.74) is 3.44. The molecule has 0 saturated carbocycles. The molecule has 3 rings (SSSR count). The zero-order chi connectivity index (χ0) is 16.6. The van der Waals surface area contributed by atoms with Crippen molar-refractivity contribution < 1.29 is 14.3 Å². The van der Waals surface area contributed by atoms with E-state index in [1.54, 1.807) is 30.0 Å². The van der Waals surface area contributed by atoms with Gasteiger partial charge in [0.25, 0.3) is 5.91 Å². The number of anilines is 1. The largest absolute Gasteiger partial charge is 0.479 e. The highest BCUT2D eigenvalue weighted by Crippen LogP contribution is 2.36. The van der Waals surface area contributed by atoms with Crippen LogP contribution in [-0.4, -0.2) is 17.8 Å². The van der Waals surface area contributed by atoms with E-state index in [-0.39, 0.29) is 11.7 Å². The van der Waals surface area contributed by atoms with Crippen molar-refractivity contribution in [2.45, 2.75) is 33.4 Å². The summed E-state index contributed by atoms with van der Waals surface area (Å²) in [6.07, 6.45) is -0.531. The molecule has 1 atom stereocenters. The number of nitrogens with zero attached hydrogens (tertiary/aromatic N) is 1. The van der Waals surface area contributed by atoms with E-state index in [2.05, 4.69) is 0 Å². The lowest BCUT2D eigenvalue weighted by Crippen LogP contribution is -2.44. The molecule has 0 bridgehead atoms. The van der Waals surface area contributed by atoms with Crippen LogP contribution in [0.5, 0.6) is 5.75 Å². The lowest BCUT2D eigenvalue weighted by molar-refractivity contribution is -0.125. The van der Waals surface area contributed by atoms with E-state index >= 15 is 0 Å². The van der Waals surface area contributed by atoms with Gasteiger partial charge >= 0.3 is 0 Å². The average Bonchev–Trinajstić information content (AvgIpc) is 2.53. The Morgan fingerprint density at radius 3 is 2.52 bits per heavy atom. The maximum Gasteiger partial charge on any atom is 0.268 e. The number of amides is 1. The van der Waals surface area contributed by atoms with Gasteiger partial charge in [0.15, 0.2) is 11.9 Å². The Morgan fingerprint density at radius 2 is 1.87 bits per heavy atom. The molecule has 0 spiro atoms. The molecule has 2 aromatic carbocycles. The highest BCUT2D eigenvalue weighted by molar-refractivity contribution is 6.02. The summed E-state index contributed by atoms with van der Waals surface area (Å²) in [5, 5.41) is 0. The van der Waals surface area contributed by atoms with Crippen molar-refractivity contribution in [2.24, 2.45) is 0 Å². The third-order valence-electron chi connectivity index (χ3n) is 4.04. The smallest absolute Gasteiger partial charge is 0.268 e. The van der Waals surface area contributed by atoms with Gasteiger partial charge in [0.1, 0.15) is 5.75 Å². The zero-order valence-corrected chi connectivity index (χ0v) is 13.5. The molecular formula is C19H19NO3. The zero-order valence-electron chi connectivity index (χ0n) is 13.5. The number of benzene rings is 2. The number of carbonyl (C=O) groups excluding carboxylic acids is 2. The molecule has 0 radical (unpaired) electrons. The molecule has 118 valence electrons. The van der Waals surface area contributed by atoms with Gasteiger partial charge in [0.05, 0.1) is 12.2 Å². The van der Waals surface area contributed by atoms with Gasteiger partial charge in [-0.3, -0.25) is 9.59 Å². The standard InChI is InChI=1S/C19H19NO3/c1-12-4-6-15(7-5-12)11-20-17-10-16(13(2)21)8-9-18(17)23-14(3)19(20)22/h4-10,14H,11H2,1-3H3. The van der Waals surface area contributed by atoms with Crippen molar-refractivity contribution in [3.05, 3.63) is 59.2 Å². The fourth-order valence-corrected chi connectivity index (χ4v) is 2.67. The molecule has 23 heavy (non-hydrogen) atoms. The van der Waals surface area contributed by atoms with Crippen molar-refractivity contribution >= 4 is 17.4 Å². The number of hydrogen-bond acceptors (Lipinski definition) is 3. The molecule has 1 aliphatic heterocycles. The molecule has 0 aromatic heterocycles. The van der Waals surface area contributed by atoms with E-state index < -0.39 is 6.10 Å². The first kappa shape index (κ1) is 15.3. The minimum atomic E-state index is -0.531. The van der Waals surface area contributed by atoms with E-state index in [1.807, 2.05) is 31.2 Å². The van der Waals surface area contributed by atoms with Gasteiger partial charge in [-0.05, 0) is 44.5 Å². The summed E-state index contributed by atoms with van der Waals surface area (Å²) in [6, 6.07) is 13.3. The van der Waals surface area contributed by atoms with Crippen LogP contribution in [0.4, 0.5) is 5.69 Å². The maximum absolute atomic E-state index is 12.6. The molecule has 0 saturated heterocycles. The summed E-state index contributed by atoms with van der Waals surface area (Å²) < 4.78 is 5.66. The van der Waals surface area contributed by atoms with Crippen LogP contribution in [0.2, 0.25) is 0 Å². The van der Waals surface area contributed by atoms with Crippen LogP contribution in [0.1, 0.15) is 35.3 Å². The van der Waals surface area contributed by atoms with Crippen LogP contribution >= 0.6 is 0 Å². The highest BCUT2D eigenvalue weighted by atomic mass is 16.5. The Morgan fingerprint density at radius 1 is 1.17 bits per heavy atom. The molecule has 1 heterocycles. The second-order valence-electron chi connectivity index (χ2n) is 5.91. The summed E-state index contributed by atoms with van der Waals surface area (Å²) in [4.78, 5) is 25.9. The van der Waals surface area contributed by atoms with Crippen molar-refractivity contribution in [3.8, 4) is 5.75 Å². The second-order valence-corrected chi connectivity index (χ2v) is 5.91. The molecule has 1 aliphatic rings. The molecular weight excluding hydrogens is 290 g/mol. The highest BCUT2D eigenvalue weighted by Gasteiger charge is 2.31. The van der Waals surface area contributed by atoms with Crippen molar-refractivity contribution in [1.29, 1.82) is 0 Å². The number of rotatable bonds is 3. The van der Waals surface area contributed by atoms with Crippen LogP contribution < -0.4 is 9.64 Å². The Kier molecular flexibility index (Phi) is 3.90. The second kappa shape index (κ2) is 5.88. The van der Waals surface area contributed by atoms with Crippen LogP contribution in [0.15, 0.2) is 42.5 Å². The van der Waals surface area contributed by atoms with Gasteiger partial charge in [-0.2, -0.15) is 0 Å². The van der Waals surface area contributed by atoms with E-state index in [4.69, 9.17) is 4.74 Å². The number of hydrogen-bond donors (Lipinski definition) is 0. The number of aryl methyl sites for hydroxylation is 1. The van der Waals surface area contributed by atoms with E-state index in [0.29, 0.717) is 23.5 Å². The number of ether oxygens (including phenoxy) is 1. The number of fused-ring (bicyclic) bond motifs is 1. The Bertz CT molecular complexity index is 765. The maximum atomic E-state index is 12.6. The van der Waals surface area contributed by atoms with E-state index in [9.17, 15) is 9.59 Å². The molecule has 0 aliphatic carbocycles. The van der Waals surface area contributed by atoms with Gasteiger partial charge < -0.3 is 9.64 Å². The van der Waals surface area contributed by atoms with E-state index in [1.165, 1.54) is 12.5 Å². The van der Waals surface area contributed by atoms with Gasteiger partial charge in [0.2, 0.25) is 0 Å². The summed E-state index contributed by atoms with van der Waals surface area (Å²) in [5.74, 6) is 0.502. The topological polar surface area (TPSA) is 46.6 Å². The van der Waals surface area contributed by atoms with Crippen LogP contribution in [0.3, 0.4) is 0 Å². The van der Waals surface area contributed by atoms with Crippen LogP contribution in [-0.2, 0) is 11.3 Å². The number of ketones is 1. The molecule has 2 aromatic rings.